The van der Waals surface area contributed by atoms with Crippen LogP contribution in [-0.2, 0) is 0 Å². The van der Waals surface area contributed by atoms with Crippen molar-refractivity contribution < 1.29 is 14.6 Å². The number of anilines is 1. The smallest absolute Gasteiger partial charge is 0.257 e. The maximum atomic E-state index is 12.9. The number of carbonyl (C=O) groups excluding carboxylic acids is 1. The molecule has 0 radical (unpaired) electrons. The van der Waals surface area contributed by atoms with E-state index in [1.807, 2.05) is 24.4 Å². The van der Waals surface area contributed by atoms with Crippen molar-refractivity contribution in [2.24, 2.45) is 0 Å². The zero-order valence-corrected chi connectivity index (χ0v) is 19.0. The molecule has 10 nitrogen and oxygen atoms in total. The quantitative estimate of drug-likeness (QED) is 0.414. The van der Waals surface area contributed by atoms with Crippen LogP contribution < -0.4 is 15.4 Å². The lowest BCUT2D eigenvalue weighted by Gasteiger charge is -2.32. The van der Waals surface area contributed by atoms with Gasteiger partial charge in [0.15, 0.2) is 5.65 Å². The number of hydrogen-bond acceptors (Lipinski definition) is 7. The molecule has 2 atom stereocenters. The van der Waals surface area contributed by atoms with Crippen molar-refractivity contribution >= 4 is 28.4 Å². The Bertz CT molecular complexity index is 1360. The molecule has 4 aromatic rings. The zero-order valence-electron chi connectivity index (χ0n) is 19.0. The molecule has 33 heavy (non-hydrogen) atoms. The van der Waals surface area contributed by atoms with E-state index in [9.17, 15) is 9.90 Å². The number of nitrogens with zero attached hydrogens (tertiary/aromatic N) is 5. The minimum Gasteiger partial charge on any atom is -0.481 e. The first-order valence-electron chi connectivity index (χ1n) is 11.0. The Morgan fingerprint density at radius 1 is 1.24 bits per heavy atom. The SMILES string of the molecule is CNc1cc(-c2cn(C(C)C)c3nc(OC)ccc23)nc2c(C(=O)N[C@H]3CC[C@H]3O)cnn12. The van der Waals surface area contributed by atoms with E-state index in [4.69, 9.17) is 9.72 Å². The van der Waals surface area contributed by atoms with Gasteiger partial charge in [-0.1, -0.05) is 0 Å². The fourth-order valence-electron chi connectivity index (χ4n) is 4.16. The van der Waals surface area contributed by atoms with Crippen LogP contribution in [0.25, 0.3) is 27.9 Å². The average Bonchev–Trinajstić information content (AvgIpc) is 3.42. The lowest BCUT2D eigenvalue weighted by molar-refractivity contribution is 0.0448. The van der Waals surface area contributed by atoms with E-state index in [1.165, 1.54) is 6.20 Å². The van der Waals surface area contributed by atoms with Gasteiger partial charge >= 0.3 is 0 Å². The Morgan fingerprint density at radius 3 is 2.70 bits per heavy atom. The third-order valence-electron chi connectivity index (χ3n) is 6.22. The van der Waals surface area contributed by atoms with E-state index in [2.05, 4.69) is 39.1 Å². The van der Waals surface area contributed by atoms with Crippen molar-refractivity contribution in [3.05, 3.63) is 36.2 Å². The van der Waals surface area contributed by atoms with Crippen molar-refractivity contribution in [2.75, 3.05) is 19.5 Å². The number of pyridine rings is 1. The second-order valence-corrected chi connectivity index (χ2v) is 8.56. The van der Waals surface area contributed by atoms with Crippen molar-refractivity contribution in [3.8, 4) is 17.1 Å². The van der Waals surface area contributed by atoms with Crippen LogP contribution in [0.2, 0.25) is 0 Å². The van der Waals surface area contributed by atoms with Crippen LogP contribution in [0.15, 0.2) is 30.6 Å². The maximum Gasteiger partial charge on any atom is 0.257 e. The summed E-state index contributed by atoms with van der Waals surface area (Å²) in [5.41, 5.74) is 3.20. The highest BCUT2D eigenvalue weighted by molar-refractivity contribution is 6.01. The number of carbonyl (C=O) groups is 1. The number of hydrogen-bond donors (Lipinski definition) is 3. The number of rotatable bonds is 6. The van der Waals surface area contributed by atoms with Crippen LogP contribution in [0.1, 0.15) is 43.1 Å². The fraction of sp³-hybridized carbons (Fsp3) is 0.391. The molecule has 172 valence electrons. The van der Waals surface area contributed by atoms with Crippen LogP contribution in [0.3, 0.4) is 0 Å². The summed E-state index contributed by atoms with van der Waals surface area (Å²) in [6.45, 7) is 4.18. The molecule has 1 saturated carbocycles. The molecule has 1 fully saturated rings. The highest BCUT2D eigenvalue weighted by Crippen LogP contribution is 2.33. The summed E-state index contributed by atoms with van der Waals surface area (Å²) in [5, 5.41) is 21.2. The Kier molecular flexibility index (Phi) is 5.16. The van der Waals surface area contributed by atoms with E-state index in [1.54, 1.807) is 18.7 Å². The van der Waals surface area contributed by atoms with Crippen LogP contribution in [0.5, 0.6) is 5.88 Å². The molecule has 10 heteroatoms. The molecule has 0 aromatic carbocycles. The molecule has 0 bridgehead atoms. The second-order valence-electron chi connectivity index (χ2n) is 8.56. The van der Waals surface area contributed by atoms with Crippen molar-refractivity contribution in [1.82, 2.24) is 29.5 Å². The average molecular weight is 450 g/mol. The number of ether oxygens (including phenoxy) is 1. The summed E-state index contributed by atoms with van der Waals surface area (Å²) in [6, 6.07) is 5.65. The number of nitrogens with one attached hydrogen (secondary N) is 2. The van der Waals surface area contributed by atoms with Crippen LogP contribution in [0.4, 0.5) is 5.82 Å². The Labute approximate surface area is 190 Å². The van der Waals surface area contributed by atoms with Crippen molar-refractivity contribution in [1.29, 1.82) is 0 Å². The van der Waals surface area contributed by atoms with Crippen molar-refractivity contribution in [3.63, 3.8) is 0 Å². The monoisotopic (exact) mass is 449 g/mol. The largest absolute Gasteiger partial charge is 0.481 e. The predicted octanol–water partition coefficient (Wildman–Crippen LogP) is 2.63. The van der Waals surface area contributed by atoms with Crippen LogP contribution >= 0.6 is 0 Å². The second kappa shape index (κ2) is 8.04. The molecule has 1 aliphatic rings. The minimum atomic E-state index is -0.501. The van der Waals surface area contributed by atoms with Gasteiger partial charge in [0, 0.05) is 42.4 Å². The lowest BCUT2D eigenvalue weighted by atomic mass is 9.89. The molecule has 1 amide bonds. The highest BCUT2D eigenvalue weighted by atomic mass is 16.5. The van der Waals surface area contributed by atoms with Gasteiger partial charge in [0.05, 0.1) is 31.1 Å². The maximum absolute atomic E-state index is 12.9. The molecule has 0 spiro atoms. The predicted molar refractivity (Wildman–Crippen MR) is 125 cm³/mol. The number of amides is 1. The van der Waals surface area contributed by atoms with E-state index in [0.717, 1.165) is 23.0 Å². The molecular weight excluding hydrogens is 422 g/mol. The van der Waals surface area contributed by atoms with Gasteiger partial charge in [-0.3, -0.25) is 4.79 Å². The number of aliphatic hydroxyl groups excluding tert-OH is 1. The number of aliphatic hydroxyl groups is 1. The Morgan fingerprint density at radius 2 is 2.06 bits per heavy atom. The molecule has 5 rings (SSSR count). The third kappa shape index (κ3) is 3.46. The van der Waals surface area contributed by atoms with Gasteiger partial charge < -0.3 is 25.0 Å². The topological polar surface area (TPSA) is 119 Å². The molecule has 1 aliphatic carbocycles. The third-order valence-corrected chi connectivity index (χ3v) is 6.22. The van der Waals surface area contributed by atoms with Gasteiger partial charge in [-0.15, -0.1) is 0 Å². The van der Waals surface area contributed by atoms with E-state index in [0.29, 0.717) is 35.0 Å². The highest BCUT2D eigenvalue weighted by Gasteiger charge is 2.31. The zero-order chi connectivity index (χ0) is 23.3. The summed E-state index contributed by atoms with van der Waals surface area (Å²) in [6.07, 6.45) is 4.50. The first-order valence-corrected chi connectivity index (χ1v) is 11.0. The minimum absolute atomic E-state index is 0.179. The first kappa shape index (κ1) is 21.2. The molecule has 4 aromatic heterocycles. The lowest BCUT2D eigenvalue weighted by Crippen LogP contribution is -2.50. The van der Waals surface area contributed by atoms with Gasteiger partial charge in [0.2, 0.25) is 5.88 Å². The molecular formula is C23H27N7O3. The van der Waals surface area contributed by atoms with Gasteiger partial charge in [-0.2, -0.15) is 14.6 Å². The molecule has 0 unspecified atom stereocenters. The van der Waals surface area contributed by atoms with Gasteiger partial charge in [0.25, 0.3) is 5.91 Å². The Balaban J connectivity index is 1.66. The summed E-state index contributed by atoms with van der Waals surface area (Å²) < 4.78 is 9.02. The summed E-state index contributed by atoms with van der Waals surface area (Å²) in [4.78, 5) is 22.4. The molecule has 3 N–H and O–H groups in total. The van der Waals surface area contributed by atoms with Crippen molar-refractivity contribution in [2.45, 2.75) is 44.9 Å². The fourth-order valence-corrected chi connectivity index (χ4v) is 4.16. The summed E-state index contributed by atoms with van der Waals surface area (Å²) >= 11 is 0. The number of fused-ring (bicyclic) bond motifs is 2. The van der Waals surface area contributed by atoms with Gasteiger partial charge in [0.1, 0.15) is 17.0 Å². The van der Waals surface area contributed by atoms with E-state index in [-0.39, 0.29) is 18.0 Å². The molecule has 0 aliphatic heterocycles. The summed E-state index contributed by atoms with van der Waals surface area (Å²) in [5.74, 6) is 0.947. The normalized spacial score (nSPS) is 18.0. The molecule has 0 saturated heterocycles. The first-order chi connectivity index (χ1) is 15.9. The standard InChI is InChI=1S/C23H27N7O3/c1-12(2)29-11-15(13-5-8-20(33-4)28-21(13)29)17-9-19(24-3)30-22(26-17)14(10-25-30)23(32)27-16-6-7-18(16)31/h5,8-12,16,18,24,31H,6-7H2,1-4H3,(H,27,32)/t16-,18+/m0/s1. The summed E-state index contributed by atoms with van der Waals surface area (Å²) in [7, 11) is 3.40. The van der Waals surface area contributed by atoms with Crippen LogP contribution in [-0.4, -0.2) is 61.5 Å². The Hall–Kier alpha value is -3.66. The van der Waals surface area contributed by atoms with Gasteiger partial charge in [-0.25, -0.2) is 4.98 Å². The number of methoxy groups -OCH3 is 1. The number of aromatic nitrogens is 5. The van der Waals surface area contributed by atoms with Gasteiger partial charge in [-0.05, 0) is 32.8 Å². The van der Waals surface area contributed by atoms with E-state index >= 15 is 0 Å². The van der Waals surface area contributed by atoms with Crippen LogP contribution in [0, 0.1) is 0 Å². The van der Waals surface area contributed by atoms with E-state index < -0.39 is 6.10 Å². The molecule has 4 heterocycles.